The third-order valence-electron chi connectivity index (χ3n) is 7.48. The first kappa shape index (κ1) is 27.6. The van der Waals surface area contributed by atoms with Gasteiger partial charge in [0, 0.05) is 25.2 Å². The summed E-state index contributed by atoms with van der Waals surface area (Å²) in [4.78, 5) is 0. The minimum atomic E-state index is 0.332. The van der Waals surface area contributed by atoms with Crippen LogP contribution in [-0.2, 0) is 13.1 Å². The SMILES string of the molecule is CCCC[C@H](CCCCC[C@@H](CCCC)NCc1ccc2c(c1)OCO2)NCc1ccc2c(c1)OCO2. The van der Waals surface area contributed by atoms with E-state index in [0.717, 1.165) is 36.1 Å². The fourth-order valence-corrected chi connectivity index (χ4v) is 5.18. The molecule has 0 fully saturated rings. The lowest BCUT2D eigenvalue weighted by atomic mass is 9.99. The first-order valence-electron chi connectivity index (χ1n) is 14.5. The topological polar surface area (TPSA) is 61.0 Å². The standard InChI is InChI=1S/C31H46N2O4/c1-3-5-10-26(32-20-24-14-16-28-30(18-24)36-22-34-28)12-8-7-9-13-27(11-6-4-2)33-21-25-15-17-29-31(19-25)37-23-35-29/h14-19,26-27,32-33H,3-13,20-23H2,1-2H3/t26-,27-/m1/s1. The van der Waals surface area contributed by atoms with E-state index in [1.165, 1.54) is 81.8 Å². The Hall–Kier alpha value is -2.44. The molecule has 2 aromatic rings. The van der Waals surface area contributed by atoms with E-state index in [0.29, 0.717) is 25.7 Å². The summed E-state index contributed by atoms with van der Waals surface area (Å²) in [6.07, 6.45) is 13.9. The molecule has 204 valence electrons. The Bertz CT molecular complexity index is 875. The zero-order valence-corrected chi connectivity index (χ0v) is 22.9. The number of benzene rings is 2. The average molecular weight is 511 g/mol. The van der Waals surface area contributed by atoms with Crippen LogP contribution in [0.2, 0.25) is 0 Å². The highest BCUT2D eigenvalue weighted by molar-refractivity contribution is 5.45. The van der Waals surface area contributed by atoms with Crippen LogP contribution < -0.4 is 29.6 Å². The van der Waals surface area contributed by atoms with Crippen molar-refractivity contribution in [3.63, 3.8) is 0 Å². The van der Waals surface area contributed by atoms with Crippen LogP contribution in [0.25, 0.3) is 0 Å². The van der Waals surface area contributed by atoms with E-state index in [-0.39, 0.29) is 0 Å². The molecule has 2 atom stereocenters. The fourth-order valence-electron chi connectivity index (χ4n) is 5.18. The maximum Gasteiger partial charge on any atom is 0.231 e. The summed E-state index contributed by atoms with van der Waals surface area (Å²) in [5, 5.41) is 7.64. The number of fused-ring (bicyclic) bond motifs is 2. The van der Waals surface area contributed by atoms with Gasteiger partial charge in [-0.2, -0.15) is 0 Å². The Morgan fingerprint density at radius 2 is 1.00 bits per heavy atom. The minimum absolute atomic E-state index is 0.332. The van der Waals surface area contributed by atoms with E-state index in [1.807, 2.05) is 12.1 Å². The maximum atomic E-state index is 5.54. The fraction of sp³-hybridized carbons (Fsp3) is 0.613. The van der Waals surface area contributed by atoms with Crippen LogP contribution in [0.1, 0.15) is 95.6 Å². The first-order valence-corrected chi connectivity index (χ1v) is 14.5. The molecule has 37 heavy (non-hydrogen) atoms. The Morgan fingerprint density at radius 3 is 1.46 bits per heavy atom. The van der Waals surface area contributed by atoms with Gasteiger partial charge in [0.05, 0.1) is 0 Å². The maximum absolute atomic E-state index is 5.54. The van der Waals surface area contributed by atoms with E-state index in [9.17, 15) is 0 Å². The molecule has 2 heterocycles. The minimum Gasteiger partial charge on any atom is -0.454 e. The van der Waals surface area contributed by atoms with Crippen LogP contribution in [-0.4, -0.2) is 25.7 Å². The molecule has 0 bridgehead atoms. The van der Waals surface area contributed by atoms with Crippen molar-refractivity contribution in [3.8, 4) is 23.0 Å². The average Bonchev–Trinajstić information content (AvgIpc) is 3.59. The predicted octanol–water partition coefficient (Wildman–Crippen LogP) is 7.09. The van der Waals surface area contributed by atoms with Crippen LogP contribution >= 0.6 is 0 Å². The molecule has 0 aromatic heterocycles. The van der Waals surface area contributed by atoms with Gasteiger partial charge >= 0.3 is 0 Å². The lowest BCUT2D eigenvalue weighted by Crippen LogP contribution is -2.29. The number of rotatable bonds is 18. The van der Waals surface area contributed by atoms with Crippen LogP contribution in [0, 0.1) is 0 Å². The number of unbranched alkanes of at least 4 members (excludes halogenated alkanes) is 4. The third kappa shape index (κ3) is 8.82. The van der Waals surface area contributed by atoms with Crippen LogP contribution in [0.4, 0.5) is 0 Å². The van der Waals surface area contributed by atoms with E-state index >= 15 is 0 Å². The van der Waals surface area contributed by atoms with Crippen molar-refractivity contribution in [2.45, 2.75) is 110 Å². The van der Waals surface area contributed by atoms with Gasteiger partial charge in [0.1, 0.15) is 0 Å². The highest BCUT2D eigenvalue weighted by atomic mass is 16.7. The molecule has 0 spiro atoms. The quantitative estimate of drug-likeness (QED) is 0.209. The summed E-state index contributed by atoms with van der Waals surface area (Å²) in [5.41, 5.74) is 2.52. The summed E-state index contributed by atoms with van der Waals surface area (Å²) in [6, 6.07) is 13.7. The van der Waals surface area contributed by atoms with Gasteiger partial charge in [-0.05, 0) is 61.1 Å². The molecule has 0 aliphatic carbocycles. The number of nitrogens with one attached hydrogen (secondary N) is 2. The Kier molecular flexibility index (Phi) is 11.3. The Balaban J connectivity index is 1.16. The Labute approximate surface area is 223 Å². The summed E-state index contributed by atoms with van der Waals surface area (Å²) < 4.78 is 22.0. The van der Waals surface area contributed by atoms with Crippen molar-refractivity contribution in [1.82, 2.24) is 10.6 Å². The van der Waals surface area contributed by atoms with Crippen molar-refractivity contribution in [3.05, 3.63) is 47.5 Å². The second-order valence-electron chi connectivity index (χ2n) is 10.5. The molecule has 2 aromatic carbocycles. The van der Waals surface area contributed by atoms with E-state index in [4.69, 9.17) is 18.9 Å². The van der Waals surface area contributed by atoms with Crippen LogP contribution in [0.3, 0.4) is 0 Å². The first-order chi connectivity index (χ1) is 18.2. The smallest absolute Gasteiger partial charge is 0.231 e. The van der Waals surface area contributed by atoms with E-state index in [1.54, 1.807) is 0 Å². The second-order valence-corrected chi connectivity index (χ2v) is 10.5. The molecule has 0 radical (unpaired) electrons. The van der Waals surface area contributed by atoms with Crippen molar-refractivity contribution >= 4 is 0 Å². The molecule has 6 nitrogen and oxygen atoms in total. The van der Waals surface area contributed by atoms with Gasteiger partial charge in [0.15, 0.2) is 23.0 Å². The van der Waals surface area contributed by atoms with Gasteiger partial charge < -0.3 is 29.6 Å². The van der Waals surface area contributed by atoms with Gasteiger partial charge in [0.25, 0.3) is 0 Å². The zero-order valence-electron chi connectivity index (χ0n) is 22.9. The molecule has 0 unspecified atom stereocenters. The second kappa shape index (κ2) is 15.1. The lowest BCUT2D eigenvalue weighted by Gasteiger charge is -2.20. The van der Waals surface area contributed by atoms with Crippen LogP contribution in [0.15, 0.2) is 36.4 Å². The molecule has 0 amide bonds. The monoisotopic (exact) mass is 510 g/mol. The number of hydrogen-bond acceptors (Lipinski definition) is 6. The van der Waals surface area contributed by atoms with E-state index in [2.05, 4.69) is 48.7 Å². The van der Waals surface area contributed by atoms with Crippen molar-refractivity contribution in [2.24, 2.45) is 0 Å². The van der Waals surface area contributed by atoms with Crippen molar-refractivity contribution < 1.29 is 18.9 Å². The van der Waals surface area contributed by atoms with Crippen LogP contribution in [0.5, 0.6) is 23.0 Å². The van der Waals surface area contributed by atoms with E-state index < -0.39 is 0 Å². The molecular weight excluding hydrogens is 464 g/mol. The summed E-state index contributed by atoms with van der Waals surface area (Å²) in [7, 11) is 0. The highest BCUT2D eigenvalue weighted by Crippen LogP contribution is 2.33. The van der Waals surface area contributed by atoms with Gasteiger partial charge in [-0.15, -0.1) is 0 Å². The zero-order chi connectivity index (χ0) is 25.7. The molecule has 4 rings (SSSR count). The van der Waals surface area contributed by atoms with Gasteiger partial charge in [-0.1, -0.05) is 70.9 Å². The molecule has 0 saturated carbocycles. The highest BCUT2D eigenvalue weighted by Gasteiger charge is 2.16. The summed E-state index contributed by atoms with van der Waals surface area (Å²) in [6.45, 7) is 6.99. The molecule has 2 aliphatic rings. The van der Waals surface area contributed by atoms with Gasteiger partial charge in [0.2, 0.25) is 13.6 Å². The molecule has 6 heteroatoms. The molecule has 2 N–H and O–H groups in total. The Morgan fingerprint density at radius 1 is 0.568 bits per heavy atom. The lowest BCUT2D eigenvalue weighted by molar-refractivity contribution is 0.173. The van der Waals surface area contributed by atoms with Crippen molar-refractivity contribution in [1.29, 1.82) is 0 Å². The van der Waals surface area contributed by atoms with Gasteiger partial charge in [-0.25, -0.2) is 0 Å². The largest absolute Gasteiger partial charge is 0.454 e. The summed E-state index contributed by atoms with van der Waals surface area (Å²) >= 11 is 0. The molecular formula is C31H46N2O4. The number of ether oxygens (including phenoxy) is 4. The van der Waals surface area contributed by atoms with Crippen molar-refractivity contribution in [2.75, 3.05) is 13.6 Å². The van der Waals surface area contributed by atoms with Gasteiger partial charge in [-0.3, -0.25) is 0 Å². The molecule has 0 saturated heterocycles. The third-order valence-corrected chi connectivity index (χ3v) is 7.48. The predicted molar refractivity (Wildman–Crippen MR) is 149 cm³/mol. The summed E-state index contributed by atoms with van der Waals surface area (Å²) in [5.74, 6) is 3.45. The molecule has 2 aliphatic heterocycles. The number of hydrogen-bond donors (Lipinski definition) is 2. The normalized spacial score (nSPS) is 15.2.